The van der Waals surface area contributed by atoms with E-state index in [1.807, 2.05) is 6.92 Å². The number of nitrogen functional groups attached to an aromatic ring is 1. The third kappa shape index (κ3) is 3.96. The second-order valence-electron chi connectivity index (χ2n) is 4.77. The Balaban J connectivity index is 3.31. The Morgan fingerprint density at radius 2 is 1.90 bits per heavy atom. The molecule has 0 radical (unpaired) electrons. The van der Waals surface area contributed by atoms with Crippen LogP contribution in [0.4, 0.5) is 24.8 Å². The Kier molecular flexibility index (Phi) is 5.15. The lowest BCUT2D eigenvalue weighted by Gasteiger charge is -2.30. The summed E-state index contributed by atoms with van der Waals surface area (Å²) in [5.41, 5.74) is 2.91. The molecule has 20 heavy (non-hydrogen) atoms. The highest BCUT2D eigenvalue weighted by Crippen LogP contribution is 2.28. The maximum absolute atomic E-state index is 12.7. The molecule has 0 aliphatic carbocycles. The summed E-state index contributed by atoms with van der Waals surface area (Å²) >= 11 is 0. The third-order valence-electron chi connectivity index (χ3n) is 2.86. The average Bonchev–Trinajstić information content (AvgIpc) is 2.35. The zero-order valence-electron chi connectivity index (χ0n) is 12.0. The number of hydrogen-bond donors (Lipinski definition) is 2. The summed E-state index contributed by atoms with van der Waals surface area (Å²) in [5, 5.41) is 0. The van der Waals surface area contributed by atoms with Crippen LogP contribution in [-0.2, 0) is 6.42 Å². The molecule has 0 aliphatic heterocycles. The lowest BCUT2D eigenvalue weighted by atomic mass is 10.2. The Morgan fingerprint density at radius 1 is 1.30 bits per heavy atom. The molecule has 0 saturated carbocycles. The normalized spacial score (nSPS) is 11.8. The fourth-order valence-electron chi connectivity index (χ4n) is 1.82. The molecule has 0 aliphatic rings. The summed E-state index contributed by atoms with van der Waals surface area (Å²) in [5.74, 6) is 6.42. The number of rotatable bonds is 5. The van der Waals surface area contributed by atoms with Crippen molar-refractivity contribution in [2.75, 3.05) is 16.9 Å². The van der Waals surface area contributed by atoms with Crippen LogP contribution in [0.25, 0.3) is 0 Å². The molecule has 5 nitrogen and oxygen atoms in total. The number of aromatic nitrogens is 2. The molecule has 0 aromatic carbocycles. The zero-order chi connectivity index (χ0) is 15.5. The number of hydrazine groups is 1. The standard InChI is InChI=1S/C12H20F3N5/c1-5-9-17-10(19-16)8(4)11(18-9)20(7(2)3)6-12(13,14)15/h7H,5-6,16H2,1-4H3,(H,17,18,19). The lowest BCUT2D eigenvalue weighted by molar-refractivity contribution is -0.120. The number of nitrogens with two attached hydrogens (primary N) is 1. The van der Waals surface area contributed by atoms with Gasteiger partial charge in [-0.2, -0.15) is 13.2 Å². The van der Waals surface area contributed by atoms with Crippen LogP contribution in [0.15, 0.2) is 0 Å². The lowest BCUT2D eigenvalue weighted by Crippen LogP contribution is -2.40. The Bertz CT molecular complexity index is 459. The maximum Gasteiger partial charge on any atom is 0.405 e. The second-order valence-corrected chi connectivity index (χ2v) is 4.77. The summed E-state index contributed by atoms with van der Waals surface area (Å²) in [4.78, 5) is 9.58. The number of nitrogens with one attached hydrogen (secondary N) is 1. The van der Waals surface area contributed by atoms with Crippen molar-refractivity contribution in [1.29, 1.82) is 0 Å². The minimum absolute atomic E-state index is 0.261. The number of hydrogen-bond acceptors (Lipinski definition) is 5. The zero-order valence-corrected chi connectivity index (χ0v) is 12.0. The molecule has 0 amide bonds. The summed E-state index contributed by atoms with van der Waals surface area (Å²) in [6.07, 6.45) is -3.79. The first-order chi connectivity index (χ1) is 9.19. The fraction of sp³-hybridized carbons (Fsp3) is 0.667. The maximum atomic E-state index is 12.7. The first-order valence-corrected chi connectivity index (χ1v) is 6.37. The Labute approximate surface area is 116 Å². The van der Waals surface area contributed by atoms with Gasteiger partial charge in [0.15, 0.2) is 0 Å². The van der Waals surface area contributed by atoms with Gasteiger partial charge in [-0.25, -0.2) is 15.8 Å². The molecule has 1 rings (SSSR count). The molecular weight excluding hydrogens is 271 g/mol. The van der Waals surface area contributed by atoms with E-state index in [-0.39, 0.29) is 11.9 Å². The number of nitrogens with zero attached hydrogens (tertiary/aromatic N) is 3. The van der Waals surface area contributed by atoms with Crippen molar-refractivity contribution in [3.63, 3.8) is 0 Å². The van der Waals surface area contributed by atoms with E-state index in [0.717, 1.165) is 0 Å². The smallest absolute Gasteiger partial charge is 0.345 e. The summed E-state index contributed by atoms with van der Waals surface area (Å²) in [7, 11) is 0. The van der Waals surface area contributed by atoms with E-state index < -0.39 is 12.7 Å². The van der Waals surface area contributed by atoms with E-state index in [4.69, 9.17) is 5.84 Å². The molecule has 0 bridgehead atoms. The molecule has 1 aromatic rings. The first kappa shape index (κ1) is 16.5. The molecule has 0 atom stereocenters. The van der Waals surface area contributed by atoms with Crippen molar-refractivity contribution in [2.24, 2.45) is 5.84 Å². The molecule has 8 heteroatoms. The van der Waals surface area contributed by atoms with E-state index >= 15 is 0 Å². The first-order valence-electron chi connectivity index (χ1n) is 6.37. The predicted molar refractivity (Wildman–Crippen MR) is 72.5 cm³/mol. The predicted octanol–water partition coefficient (Wildman–Crippen LogP) is 2.41. The SMILES string of the molecule is CCc1nc(NN)c(C)c(N(CC(F)(F)F)C(C)C)n1. The molecule has 3 N–H and O–H groups in total. The molecule has 0 fully saturated rings. The quantitative estimate of drug-likeness (QED) is 0.644. The van der Waals surface area contributed by atoms with Crippen LogP contribution in [0.1, 0.15) is 32.2 Å². The molecule has 114 valence electrons. The molecule has 0 spiro atoms. The second kappa shape index (κ2) is 6.25. The van der Waals surface area contributed by atoms with E-state index in [0.29, 0.717) is 23.6 Å². The van der Waals surface area contributed by atoms with Crippen molar-refractivity contribution in [1.82, 2.24) is 9.97 Å². The van der Waals surface area contributed by atoms with Crippen molar-refractivity contribution in [3.8, 4) is 0 Å². The van der Waals surface area contributed by atoms with E-state index in [1.165, 1.54) is 4.90 Å². The van der Waals surface area contributed by atoms with Crippen LogP contribution in [0.2, 0.25) is 0 Å². The van der Waals surface area contributed by atoms with Crippen molar-refractivity contribution in [2.45, 2.75) is 46.3 Å². The van der Waals surface area contributed by atoms with Crippen LogP contribution >= 0.6 is 0 Å². The largest absolute Gasteiger partial charge is 0.405 e. The number of aryl methyl sites for hydroxylation is 1. The highest BCUT2D eigenvalue weighted by Gasteiger charge is 2.33. The van der Waals surface area contributed by atoms with Gasteiger partial charge in [0, 0.05) is 18.0 Å². The summed E-state index contributed by atoms with van der Waals surface area (Å²) < 4.78 is 38.2. The van der Waals surface area contributed by atoms with Gasteiger partial charge in [-0.05, 0) is 20.8 Å². The van der Waals surface area contributed by atoms with Gasteiger partial charge in [0.05, 0.1) is 0 Å². The van der Waals surface area contributed by atoms with Crippen molar-refractivity contribution in [3.05, 3.63) is 11.4 Å². The minimum atomic E-state index is -4.30. The van der Waals surface area contributed by atoms with Gasteiger partial charge in [-0.1, -0.05) is 6.92 Å². The van der Waals surface area contributed by atoms with Gasteiger partial charge in [-0.15, -0.1) is 0 Å². The van der Waals surface area contributed by atoms with Crippen LogP contribution in [0, 0.1) is 6.92 Å². The molecular formula is C12H20F3N5. The Hall–Kier alpha value is -1.57. The van der Waals surface area contributed by atoms with Gasteiger partial charge in [-0.3, -0.25) is 0 Å². The van der Waals surface area contributed by atoms with Crippen LogP contribution in [0.5, 0.6) is 0 Å². The molecule has 0 saturated heterocycles. The molecule has 0 unspecified atom stereocenters. The van der Waals surface area contributed by atoms with E-state index in [9.17, 15) is 13.2 Å². The monoisotopic (exact) mass is 291 g/mol. The number of anilines is 2. The summed E-state index contributed by atoms with van der Waals surface area (Å²) in [6, 6.07) is -0.347. The topological polar surface area (TPSA) is 67.1 Å². The Morgan fingerprint density at radius 3 is 2.30 bits per heavy atom. The number of alkyl halides is 3. The van der Waals surface area contributed by atoms with Crippen LogP contribution in [-0.4, -0.2) is 28.7 Å². The fourth-order valence-corrected chi connectivity index (χ4v) is 1.82. The minimum Gasteiger partial charge on any atom is -0.345 e. The van der Waals surface area contributed by atoms with Crippen molar-refractivity contribution >= 4 is 11.6 Å². The van der Waals surface area contributed by atoms with E-state index in [1.54, 1.807) is 20.8 Å². The van der Waals surface area contributed by atoms with Gasteiger partial charge in [0.1, 0.15) is 24.0 Å². The van der Waals surface area contributed by atoms with Crippen LogP contribution < -0.4 is 16.2 Å². The highest BCUT2D eigenvalue weighted by atomic mass is 19.4. The summed E-state index contributed by atoms with van der Waals surface area (Å²) in [6.45, 7) is 5.80. The van der Waals surface area contributed by atoms with Gasteiger partial charge in [0.2, 0.25) is 0 Å². The molecule has 1 aromatic heterocycles. The van der Waals surface area contributed by atoms with E-state index in [2.05, 4.69) is 15.4 Å². The van der Waals surface area contributed by atoms with Crippen LogP contribution in [0.3, 0.4) is 0 Å². The van der Waals surface area contributed by atoms with Gasteiger partial charge < -0.3 is 10.3 Å². The molecule has 1 heterocycles. The highest BCUT2D eigenvalue weighted by molar-refractivity contribution is 5.58. The third-order valence-corrected chi connectivity index (χ3v) is 2.86. The van der Waals surface area contributed by atoms with Gasteiger partial charge >= 0.3 is 6.18 Å². The average molecular weight is 291 g/mol. The number of halogens is 3. The van der Waals surface area contributed by atoms with Crippen molar-refractivity contribution < 1.29 is 13.2 Å². The van der Waals surface area contributed by atoms with Gasteiger partial charge in [0.25, 0.3) is 0 Å².